The summed E-state index contributed by atoms with van der Waals surface area (Å²) in [5, 5.41) is 3.38. The SMILES string of the molecule is NC1CCCC1NCc1cccc(F)c1. The highest BCUT2D eigenvalue weighted by molar-refractivity contribution is 5.16. The third-order valence-corrected chi connectivity index (χ3v) is 3.03. The van der Waals surface area contributed by atoms with E-state index in [4.69, 9.17) is 5.73 Å². The minimum atomic E-state index is -0.176. The molecule has 3 heteroatoms. The second-order valence-electron chi connectivity index (χ2n) is 4.21. The van der Waals surface area contributed by atoms with Crippen molar-refractivity contribution in [2.45, 2.75) is 37.9 Å². The maximum atomic E-state index is 12.9. The largest absolute Gasteiger partial charge is 0.326 e. The quantitative estimate of drug-likeness (QED) is 0.794. The molecule has 3 N–H and O–H groups in total. The molecule has 0 radical (unpaired) electrons. The summed E-state index contributed by atoms with van der Waals surface area (Å²) >= 11 is 0. The zero-order valence-electron chi connectivity index (χ0n) is 8.75. The van der Waals surface area contributed by atoms with E-state index in [1.165, 1.54) is 12.5 Å². The van der Waals surface area contributed by atoms with E-state index in [1.54, 1.807) is 12.1 Å². The third-order valence-electron chi connectivity index (χ3n) is 3.03. The molecule has 82 valence electrons. The lowest BCUT2D eigenvalue weighted by atomic mass is 10.1. The lowest BCUT2D eigenvalue weighted by molar-refractivity contribution is 0.474. The summed E-state index contributed by atoms with van der Waals surface area (Å²) < 4.78 is 12.9. The molecule has 1 aliphatic rings. The van der Waals surface area contributed by atoms with E-state index < -0.39 is 0 Å². The molecular weight excluding hydrogens is 191 g/mol. The number of hydrogen-bond acceptors (Lipinski definition) is 2. The minimum Gasteiger partial charge on any atom is -0.326 e. The van der Waals surface area contributed by atoms with Gasteiger partial charge in [0.25, 0.3) is 0 Å². The van der Waals surface area contributed by atoms with E-state index in [0.29, 0.717) is 12.6 Å². The van der Waals surface area contributed by atoms with Gasteiger partial charge in [0.05, 0.1) is 0 Å². The van der Waals surface area contributed by atoms with Crippen molar-refractivity contribution in [3.05, 3.63) is 35.6 Å². The van der Waals surface area contributed by atoms with Crippen LogP contribution < -0.4 is 11.1 Å². The van der Waals surface area contributed by atoms with Crippen LogP contribution in [0.3, 0.4) is 0 Å². The number of rotatable bonds is 3. The Morgan fingerprint density at radius 1 is 1.40 bits per heavy atom. The molecule has 2 unspecified atom stereocenters. The first-order valence-electron chi connectivity index (χ1n) is 5.49. The Morgan fingerprint density at radius 2 is 2.27 bits per heavy atom. The van der Waals surface area contributed by atoms with Crippen molar-refractivity contribution >= 4 is 0 Å². The Morgan fingerprint density at radius 3 is 2.93 bits per heavy atom. The van der Waals surface area contributed by atoms with Gasteiger partial charge in [0, 0.05) is 18.6 Å². The first kappa shape index (κ1) is 10.6. The lowest BCUT2D eigenvalue weighted by Crippen LogP contribution is -2.40. The monoisotopic (exact) mass is 208 g/mol. The minimum absolute atomic E-state index is 0.176. The predicted molar refractivity (Wildman–Crippen MR) is 58.9 cm³/mol. The van der Waals surface area contributed by atoms with E-state index in [0.717, 1.165) is 18.4 Å². The molecule has 2 nitrogen and oxygen atoms in total. The van der Waals surface area contributed by atoms with Crippen molar-refractivity contribution < 1.29 is 4.39 Å². The molecule has 0 spiro atoms. The lowest BCUT2D eigenvalue weighted by Gasteiger charge is -2.17. The van der Waals surface area contributed by atoms with Crippen molar-refractivity contribution in [3.8, 4) is 0 Å². The van der Waals surface area contributed by atoms with E-state index in [1.807, 2.05) is 6.07 Å². The first-order chi connectivity index (χ1) is 7.25. The van der Waals surface area contributed by atoms with Gasteiger partial charge in [0.15, 0.2) is 0 Å². The normalized spacial score (nSPS) is 25.7. The molecule has 0 heterocycles. The topological polar surface area (TPSA) is 38.0 Å². The maximum absolute atomic E-state index is 12.9. The van der Waals surface area contributed by atoms with Crippen LogP contribution in [0.25, 0.3) is 0 Å². The van der Waals surface area contributed by atoms with Crippen molar-refractivity contribution in [2.24, 2.45) is 5.73 Å². The van der Waals surface area contributed by atoms with Gasteiger partial charge in [0.1, 0.15) is 5.82 Å². The zero-order chi connectivity index (χ0) is 10.7. The molecule has 1 aromatic carbocycles. The van der Waals surface area contributed by atoms with Gasteiger partial charge in [-0.15, -0.1) is 0 Å². The van der Waals surface area contributed by atoms with Gasteiger partial charge in [0.2, 0.25) is 0 Å². The highest BCUT2D eigenvalue weighted by Gasteiger charge is 2.22. The highest BCUT2D eigenvalue weighted by Crippen LogP contribution is 2.17. The Labute approximate surface area is 89.7 Å². The van der Waals surface area contributed by atoms with Crippen LogP contribution in [0.5, 0.6) is 0 Å². The fourth-order valence-corrected chi connectivity index (χ4v) is 2.14. The first-order valence-corrected chi connectivity index (χ1v) is 5.49. The van der Waals surface area contributed by atoms with E-state index >= 15 is 0 Å². The predicted octanol–water partition coefficient (Wildman–Crippen LogP) is 1.80. The summed E-state index contributed by atoms with van der Waals surface area (Å²) in [5.41, 5.74) is 6.92. The van der Waals surface area contributed by atoms with Gasteiger partial charge >= 0.3 is 0 Å². The molecule has 2 atom stereocenters. The van der Waals surface area contributed by atoms with Gasteiger partial charge in [-0.3, -0.25) is 0 Å². The van der Waals surface area contributed by atoms with Crippen LogP contribution in [-0.2, 0) is 6.54 Å². The summed E-state index contributed by atoms with van der Waals surface area (Å²) in [5.74, 6) is -0.176. The average molecular weight is 208 g/mol. The molecule has 0 saturated heterocycles. The third kappa shape index (κ3) is 2.76. The molecular formula is C12H17FN2. The number of hydrogen-bond donors (Lipinski definition) is 2. The summed E-state index contributed by atoms with van der Waals surface area (Å²) in [4.78, 5) is 0. The summed E-state index contributed by atoms with van der Waals surface area (Å²) in [6, 6.07) is 7.35. The maximum Gasteiger partial charge on any atom is 0.123 e. The summed E-state index contributed by atoms with van der Waals surface area (Å²) in [7, 11) is 0. The highest BCUT2D eigenvalue weighted by atomic mass is 19.1. The molecule has 2 rings (SSSR count). The van der Waals surface area contributed by atoms with Crippen molar-refractivity contribution in [1.29, 1.82) is 0 Å². The van der Waals surface area contributed by atoms with Gasteiger partial charge in [-0.1, -0.05) is 18.6 Å². The standard InChI is InChI=1S/C12H17FN2/c13-10-4-1-3-9(7-10)8-15-12-6-2-5-11(12)14/h1,3-4,7,11-12,15H,2,5-6,8,14H2. The smallest absolute Gasteiger partial charge is 0.123 e. The van der Waals surface area contributed by atoms with Crippen LogP contribution in [0.15, 0.2) is 24.3 Å². The van der Waals surface area contributed by atoms with Crippen molar-refractivity contribution in [1.82, 2.24) is 5.32 Å². The number of halogens is 1. The molecule has 0 amide bonds. The Bertz CT molecular complexity index is 327. The number of nitrogens with one attached hydrogen (secondary N) is 1. The van der Waals surface area contributed by atoms with Crippen molar-refractivity contribution in [2.75, 3.05) is 0 Å². The van der Waals surface area contributed by atoms with E-state index in [9.17, 15) is 4.39 Å². The Kier molecular flexibility index (Phi) is 3.34. The zero-order valence-corrected chi connectivity index (χ0v) is 8.75. The fraction of sp³-hybridized carbons (Fsp3) is 0.500. The van der Waals surface area contributed by atoms with Crippen molar-refractivity contribution in [3.63, 3.8) is 0 Å². The number of benzene rings is 1. The van der Waals surface area contributed by atoms with Crippen LogP contribution in [0.2, 0.25) is 0 Å². The summed E-state index contributed by atoms with van der Waals surface area (Å²) in [6.45, 7) is 0.704. The van der Waals surface area contributed by atoms with Gasteiger partial charge < -0.3 is 11.1 Å². The van der Waals surface area contributed by atoms with Gasteiger partial charge in [-0.2, -0.15) is 0 Å². The second kappa shape index (κ2) is 4.73. The van der Waals surface area contributed by atoms with Crippen LogP contribution in [0.4, 0.5) is 4.39 Å². The van der Waals surface area contributed by atoms with Gasteiger partial charge in [-0.05, 0) is 30.5 Å². The molecule has 0 bridgehead atoms. The summed E-state index contributed by atoms with van der Waals surface area (Å²) in [6.07, 6.45) is 3.43. The van der Waals surface area contributed by atoms with Crippen LogP contribution in [-0.4, -0.2) is 12.1 Å². The molecule has 1 saturated carbocycles. The molecule has 15 heavy (non-hydrogen) atoms. The number of nitrogens with two attached hydrogens (primary N) is 1. The molecule has 0 aliphatic heterocycles. The molecule has 1 aromatic rings. The van der Waals surface area contributed by atoms with E-state index in [-0.39, 0.29) is 11.9 Å². The Balaban J connectivity index is 1.87. The van der Waals surface area contributed by atoms with E-state index in [2.05, 4.69) is 5.32 Å². The fourth-order valence-electron chi connectivity index (χ4n) is 2.14. The van der Waals surface area contributed by atoms with Gasteiger partial charge in [-0.25, -0.2) is 4.39 Å². The Hall–Kier alpha value is -0.930. The second-order valence-corrected chi connectivity index (χ2v) is 4.21. The van der Waals surface area contributed by atoms with Crippen LogP contribution in [0.1, 0.15) is 24.8 Å². The van der Waals surface area contributed by atoms with Crippen LogP contribution >= 0.6 is 0 Å². The molecule has 0 aromatic heterocycles. The average Bonchev–Trinajstić information content (AvgIpc) is 2.61. The molecule has 1 aliphatic carbocycles. The molecule has 1 fully saturated rings. The van der Waals surface area contributed by atoms with Crippen LogP contribution in [0, 0.1) is 5.82 Å².